The summed E-state index contributed by atoms with van der Waals surface area (Å²) in [4.78, 5) is 16.7. The number of nitrogens with zero attached hydrogens (tertiary/aromatic N) is 4. The highest BCUT2D eigenvalue weighted by Gasteiger charge is 2.20. The number of hydrogen-bond acceptors (Lipinski definition) is 7. The number of fused-ring (bicyclic) bond motifs is 1. The summed E-state index contributed by atoms with van der Waals surface area (Å²) in [6, 6.07) is 6.35. The first-order chi connectivity index (χ1) is 14.5. The molecule has 0 fully saturated rings. The van der Waals surface area contributed by atoms with Gasteiger partial charge >= 0.3 is 0 Å². The van der Waals surface area contributed by atoms with E-state index in [4.69, 9.17) is 4.74 Å². The summed E-state index contributed by atoms with van der Waals surface area (Å²) in [5.41, 5.74) is 3.72. The van der Waals surface area contributed by atoms with Crippen molar-refractivity contribution >= 4 is 34.1 Å². The molecule has 0 bridgehead atoms. The van der Waals surface area contributed by atoms with Crippen LogP contribution in [0.2, 0.25) is 0 Å². The molecule has 9 heteroatoms. The summed E-state index contributed by atoms with van der Waals surface area (Å²) in [5, 5.41) is 14.2. The van der Waals surface area contributed by atoms with Gasteiger partial charge < -0.3 is 14.6 Å². The van der Waals surface area contributed by atoms with Gasteiger partial charge in [0.1, 0.15) is 12.4 Å². The van der Waals surface area contributed by atoms with Crippen LogP contribution in [-0.2, 0) is 31.3 Å². The second kappa shape index (κ2) is 9.18. The predicted molar refractivity (Wildman–Crippen MR) is 119 cm³/mol. The minimum absolute atomic E-state index is 0.107. The molecule has 1 amide bonds. The number of carbonyl (C=O) groups is 1. The highest BCUT2D eigenvalue weighted by Crippen LogP contribution is 2.27. The number of anilines is 1. The van der Waals surface area contributed by atoms with Crippen LogP contribution in [-0.4, -0.2) is 30.9 Å². The molecular weight excluding hydrogens is 418 g/mol. The predicted octanol–water partition coefficient (Wildman–Crippen LogP) is 4.16. The SMILES string of the molecule is Cc1csc(NC(=O)C(C)Sc2nnc(COc3ccc4c(c3)CCCC4)n2C)n1. The summed E-state index contributed by atoms with van der Waals surface area (Å²) in [6.45, 7) is 4.08. The number of hydrogen-bond donors (Lipinski definition) is 1. The van der Waals surface area contributed by atoms with E-state index in [1.165, 1.54) is 47.1 Å². The number of nitrogens with one attached hydrogen (secondary N) is 1. The molecule has 1 aromatic carbocycles. The van der Waals surface area contributed by atoms with Crippen LogP contribution in [0, 0.1) is 6.92 Å². The van der Waals surface area contributed by atoms with Crippen molar-refractivity contribution in [2.24, 2.45) is 7.05 Å². The minimum Gasteiger partial charge on any atom is -0.486 e. The summed E-state index contributed by atoms with van der Waals surface area (Å²) in [6.07, 6.45) is 4.80. The van der Waals surface area contributed by atoms with E-state index in [1.54, 1.807) is 0 Å². The molecule has 0 spiro atoms. The number of thioether (sulfide) groups is 1. The van der Waals surface area contributed by atoms with Gasteiger partial charge in [0.15, 0.2) is 16.1 Å². The van der Waals surface area contributed by atoms with Gasteiger partial charge in [0.05, 0.1) is 10.9 Å². The van der Waals surface area contributed by atoms with E-state index in [9.17, 15) is 4.79 Å². The number of ether oxygens (including phenoxy) is 1. The molecule has 0 saturated carbocycles. The van der Waals surface area contributed by atoms with Crippen molar-refractivity contribution in [3.05, 3.63) is 46.2 Å². The van der Waals surface area contributed by atoms with Gasteiger partial charge in [0.25, 0.3) is 0 Å². The van der Waals surface area contributed by atoms with Crippen LogP contribution in [0.5, 0.6) is 5.75 Å². The molecule has 4 rings (SSSR count). The van der Waals surface area contributed by atoms with Crippen LogP contribution in [0.4, 0.5) is 5.13 Å². The molecule has 1 unspecified atom stereocenters. The Morgan fingerprint density at radius 3 is 2.87 bits per heavy atom. The topological polar surface area (TPSA) is 81.9 Å². The van der Waals surface area contributed by atoms with Crippen molar-refractivity contribution in [3.8, 4) is 5.75 Å². The van der Waals surface area contributed by atoms with E-state index in [1.807, 2.05) is 36.9 Å². The lowest BCUT2D eigenvalue weighted by Gasteiger charge is -2.16. The average molecular weight is 444 g/mol. The highest BCUT2D eigenvalue weighted by atomic mass is 32.2. The molecule has 0 saturated heterocycles. The quantitative estimate of drug-likeness (QED) is 0.552. The molecule has 1 atom stereocenters. The summed E-state index contributed by atoms with van der Waals surface area (Å²) in [7, 11) is 1.89. The van der Waals surface area contributed by atoms with Gasteiger partial charge in [0, 0.05) is 12.4 Å². The van der Waals surface area contributed by atoms with Gasteiger partial charge in [-0.2, -0.15) is 0 Å². The Morgan fingerprint density at radius 1 is 1.30 bits per heavy atom. The van der Waals surface area contributed by atoms with Crippen LogP contribution in [0.15, 0.2) is 28.7 Å². The highest BCUT2D eigenvalue weighted by molar-refractivity contribution is 8.00. The van der Waals surface area contributed by atoms with E-state index >= 15 is 0 Å². The smallest absolute Gasteiger partial charge is 0.239 e. The van der Waals surface area contributed by atoms with Gasteiger partial charge in [-0.05, 0) is 62.8 Å². The molecule has 7 nitrogen and oxygen atoms in total. The molecule has 158 valence electrons. The van der Waals surface area contributed by atoms with Gasteiger partial charge in [-0.1, -0.05) is 17.8 Å². The third-order valence-corrected chi connectivity index (χ3v) is 7.12. The van der Waals surface area contributed by atoms with Crippen molar-refractivity contribution in [3.63, 3.8) is 0 Å². The number of rotatable bonds is 7. The van der Waals surface area contributed by atoms with Gasteiger partial charge in [0.2, 0.25) is 5.91 Å². The maximum atomic E-state index is 12.4. The zero-order valence-corrected chi connectivity index (χ0v) is 19.0. The van der Waals surface area contributed by atoms with Crippen LogP contribution in [0.3, 0.4) is 0 Å². The van der Waals surface area contributed by atoms with Crippen LogP contribution >= 0.6 is 23.1 Å². The molecular formula is C21H25N5O2S2. The molecule has 0 radical (unpaired) electrons. The van der Waals surface area contributed by atoms with E-state index in [-0.39, 0.29) is 11.2 Å². The van der Waals surface area contributed by atoms with Crippen molar-refractivity contribution in [2.75, 3.05) is 5.32 Å². The van der Waals surface area contributed by atoms with Crippen LogP contribution in [0.25, 0.3) is 0 Å². The second-order valence-corrected chi connectivity index (χ2v) is 9.59. The lowest BCUT2D eigenvalue weighted by Crippen LogP contribution is -2.22. The Morgan fingerprint density at radius 2 is 2.10 bits per heavy atom. The Kier molecular flexibility index (Phi) is 6.38. The third-order valence-electron chi connectivity index (χ3n) is 5.11. The monoisotopic (exact) mass is 443 g/mol. The number of aryl methyl sites for hydroxylation is 3. The fourth-order valence-electron chi connectivity index (χ4n) is 3.35. The standard InChI is InChI=1S/C21H25N5O2S2/c1-13-12-29-20(22-13)23-19(27)14(2)30-21-25-24-18(26(21)3)11-28-17-9-8-15-6-4-5-7-16(15)10-17/h8-10,12,14H,4-7,11H2,1-3H3,(H,22,23,27). The number of benzene rings is 1. The minimum atomic E-state index is -0.327. The van der Waals surface area contributed by atoms with E-state index < -0.39 is 0 Å². The zero-order valence-electron chi connectivity index (χ0n) is 17.3. The Bertz CT molecular complexity index is 1050. The normalized spacial score (nSPS) is 14.2. The Balaban J connectivity index is 1.34. The summed E-state index contributed by atoms with van der Waals surface area (Å²) >= 11 is 2.78. The van der Waals surface area contributed by atoms with Crippen molar-refractivity contribution in [1.82, 2.24) is 19.7 Å². The lowest BCUT2D eigenvalue weighted by atomic mass is 9.92. The number of aromatic nitrogens is 4. The molecule has 30 heavy (non-hydrogen) atoms. The summed E-state index contributed by atoms with van der Waals surface area (Å²) in [5.74, 6) is 1.47. The number of carbonyl (C=O) groups excluding carboxylic acids is 1. The molecule has 1 aliphatic rings. The van der Waals surface area contributed by atoms with E-state index in [0.29, 0.717) is 16.9 Å². The number of amides is 1. The first kappa shape index (κ1) is 20.9. The van der Waals surface area contributed by atoms with Crippen molar-refractivity contribution < 1.29 is 9.53 Å². The maximum absolute atomic E-state index is 12.4. The third kappa shape index (κ3) is 4.84. The molecule has 2 aromatic heterocycles. The maximum Gasteiger partial charge on any atom is 0.239 e. The molecule has 1 aliphatic carbocycles. The van der Waals surface area contributed by atoms with Crippen LogP contribution in [0.1, 0.15) is 42.4 Å². The Hall–Kier alpha value is -2.39. The Labute approximate surface area is 184 Å². The van der Waals surface area contributed by atoms with E-state index in [0.717, 1.165) is 30.1 Å². The van der Waals surface area contributed by atoms with Crippen molar-refractivity contribution in [1.29, 1.82) is 0 Å². The number of thiazole rings is 1. The fraction of sp³-hybridized carbons (Fsp3) is 0.429. The summed E-state index contributed by atoms with van der Waals surface area (Å²) < 4.78 is 7.84. The largest absolute Gasteiger partial charge is 0.486 e. The van der Waals surface area contributed by atoms with Gasteiger partial charge in [-0.3, -0.25) is 4.79 Å². The van der Waals surface area contributed by atoms with E-state index in [2.05, 4.69) is 32.6 Å². The average Bonchev–Trinajstić information content (AvgIpc) is 3.31. The van der Waals surface area contributed by atoms with Gasteiger partial charge in [-0.15, -0.1) is 21.5 Å². The van der Waals surface area contributed by atoms with Crippen molar-refractivity contribution in [2.45, 2.75) is 56.5 Å². The zero-order chi connectivity index (χ0) is 21.1. The van der Waals surface area contributed by atoms with Crippen LogP contribution < -0.4 is 10.1 Å². The first-order valence-electron chi connectivity index (χ1n) is 10.0. The molecule has 3 aromatic rings. The molecule has 2 heterocycles. The van der Waals surface area contributed by atoms with Gasteiger partial charge in [-0.25, -0.2) is 4.98 Å². The molecule has 1 N–H and O–H groups in total. The fourth-order valence-corrected chi connectivity index (χ4v) is 4.88. The molecule has 0 aliphatic heterocycles. The first-order valence-corrected chi connectivity index (χ1v) is 11.8. The lowest BCUT2D eigenvalue weighted by molar-refractivity contribution is -0.115. The second-order valence-electron chi connectivity index (χ2n) is 7.43.